The number of nitrogens with zero attached hydrogens (tertiary/aromatic N) is 2. The molecule has 1 aromatic heterocycles. The van der Waals surface area contributed by atoms with Gasteiger partial charge in [0.15, 0.2) is 0 Å². The van der Waals surface area contributed by atoms with Crippen LogP contribution in [0.1, 0.15) is 24.8 Å². The van der Waals surface area contributed by atoms with Gasteiger partial charge in [-0.1, -0.05) is 6.92 Å². The first-order valence-corrected chi connectivity index (χ1v) is 5.92. The molecule has 1 unspecified atom stereocenters. The molecule has 0 amide bonds. The van der Waals surface area contributed by atoms with E-state index in [9.17, 15) is 0 Å². The average Bonchev–Trinajstić information content (AvgIpc) is 2.70. The maximum absolute atomic E-state index is 4.07. The fourth-order valence-corrected chi connectivity index (χ4v) is 1.82. The molecule has 1 rings (SSSR count). The largest absolute Gasteiger partial charge is 0.308 e. The van der Waals surface area contributed by atoms with Crippen LogP contribution in [0.25, 0.3) is 0 Å². The summed E-state index contributed by atoms with van der Waals surface area (Å²) in [4.78, 5) is 7.68. The molecule has 0 aliphatic carbocycles. The van der Waals surface area contributed by atoms with Gasteiger partial charge < -0.3 is 10.2 Å². The van der Waals surface area contributed by atoms with E-state index in [0.29, 0.717) is 6.04 Å². The van der Waals surface area contributed by atoms with Crippen molar-refractivity contribution >= 4 is 11.3 Å². The Balaban J connectivity index is 2.19. The lowest BCUT2D eigenvalue weighted by Gasteiger charge is -2.16. The van der Waals surface area contributed by atoms with Crippen LogP contribution >= 0.6 is 11.3 Å². The van der Waals surface area contributed by atoms with Crippen LogP contribution in [-0.4, -0.2) is 36.6 Å². The van der Waals surface area contributed by atoms with Gasteiger partial charge in [-0.3, -0.25) is 4.98 Å². The summed E-state index contributed by atoms with van der Waals surface area (Å²) in [6.07, 6.45) is 1.94. The summed E-state index contributed by atoms with van der Waals surface area (Å²) in [6.45, 7) is 7.59. The van der Waals surface area contributed by atoms with Gasteiger partial charge in [-0.15, -0.1) is 11.3 Å². The highest BCUT2D eigenvalue weighted by Crippen LogP contribution is 2.15. The van der Waals surface area contributed by atoms with E-state index in [2.05, 4.69) is 36.1 Å². The van der Waals surface area contributed by atoms with Crippen molar-refractivity contribution in [2.45, 2.75) is 19.9 Å². The number of likely N-dealkylation sites (N-methyl/N-ethyl adjacent to an activating group) is 1. The average molecular weight is 213 g/mol. The summed E-state index contributed by atoms with van der Waals surface area (Å²) in [5.41, 5.74) is 1.88. The summed E-state index contributed by atoms with van der Waals surface area (Å²) < 4.78 is 0. The predicted molar refractivity (Wildman–Crippen MR) is 61.7 cm³/mol. The summed E-state index contributed by atoms with van der Waals surface area (Å²) in [6, 6.07) is 0.424. The van der Waals surface area contributed by atoms with E-state index in [1.807, 2.05) is 11.7 Å². The monoisotopic (exact) mass is 213 g/mol. The first-order valence-electron chi connectivity index (χ1n) is 5.04. The van der Waals surface area contributed by atoms with Crippen molar-refractivity contribution < 1.29 is 0 Å². The normalized spacial score (nSPS) is 13.4. The molecule has 0 saturated carbocycles. The van der Waals surface area contributed by atoms with E-state index in [1.165, 1.54) is 4.88 Å². The van der Waals surface area contributed by atoms with Gasteiger partial charge in [-0.25, -0.2) is 0 Å². The molecule has 0 saturated heterocycles. The summed E-state index contributed by atoms with van der Waals surface area (Å²) in [5.74, 6) is 0. The van der Waals surface area contributed by atoms with E-state index >= 15 is 0 Å². The zero-order valence-electron chi connectivity index (χ0n) is 9.16. The van der Waals surface area contributed by atoms with Gasteiger partial charge in [0.1, 0.15) is 0 Å². The molecular weight excluding hydrogens is 194 g/mol. The van der Waals surface area contributed by atoms with Gasteiger partial charge in [-0.05, 0) is 20.5 Å². The predicted octanol–water partition coefficient (Wildman–Crippen LogP) is 1.75. The minimum atomic E-state index is 0.424. The van der Waals surface area contributed by atoms with Crippen molar-refractivity contribution in [1.82, 2.24) is 15.2 Å². The fraction of sp³-hybridized carbons (Fsp3) is 0.700. The second-order valence-corrected chi connectivity index (χ2v) is 4.39. The standard InChI is InChI=1S/C10H19N3S/c1-4-13(3)6-5-12-9(2)10-7-11-8-14-10/h7-9,12H,4-6H2,1-3H3. The van der Waals surface area contributed by atoms with Crippen molar-refractivity contribution in [2.75, 3.05) is 26.7 Å². The van der Waals surface area contributed by atoms with Crippen molar-refractivity contribution in [2.24, 2.45) is 0 Å². The van der Waals surface area contributed by atoms with Crippen LogP contribution in [0.5, 0.6) is 0 Å². The lowest BCUT2D eigenvalue weighted by atomic mass is 10.3. The van der Waals surface area contributed by atoms with Crippen LogP contribution in [0.15, 0.2) is 11.7 Å². The van der Waals surface area contributed by atoms with Crippen molar-refractivity contribution in [3.8, 4) is 0 Å². The Bertz CT molecular complexity index is 236. The van der Waals surface area contributed by atoms with E-state index in [-0.39, 0.29) is 0 Å². The molecular formula is C10H19N3S. The molecule has 0 aromatic carbocycles. The molecule has 1 heterocycles. The van der Waals surface area contributed by atoms with Crippen molar-refractivity contribution in [3.63, 3.8) is 0 Å². The summed E-state index contributed by atoms with van der Waals surface area (Å²) in [7, 11) is 2.14. The minimum absolute atomic E-state index is 0.424. The molecule has 0 aliphatic rings. The van der Waals surface area contributed by atoms with Crippen LogP contribution in [0.2, 0.25) is 0 Å². The second kappa shape index (κ2) is 6.11. The Morgan fingerprint density at radius 1 is 1.64 bits per heavy atom. The summed E-state index contributed by atoms with van der Waals surface area (Å²) in [5, 5.41) is 3.48. The number of rotatable bonds is 6. The van der Waals surface area contributed by atoms with Crippen LogP contribution in [-0.2, 0) is 0 Å². The zero-order valence-corrected chi connectivity index (χ0v) is 9.97. The first-order chi connectivity index (χ1) is 6.74. The highest BCUT2D eigenvalue weighted by atomic mass is 32.1. The highest BCUT2D eigenvalue weighted by Gasteiger charge is 2.05. The molecule has 0 aliphatic heterocycles. The third kappa shape index (κ3) is 3.74. The third-order valence-electron chi connectivity index (χ3n) is 2.36. The number of nitrogens with one attached hydrogen (secondary N) is 1. The quantitative estimate of drug-likeness (QED) is 0.780. The molecule has 4 heteroatoms. The Morgan fingerprint density at radius 3 is 3.00 bits per heavy atom. The van der Waals surface area contributed by atoms with Gasteiger partial charge in [0.25, 0.3) is 0 Å². The Hall–Kier alpha value is -0.450. The van der Waals surface area contributed by atoms with Gasteiger partial charge >= 0.3 is 0 Å². The number of hydrogen-bond donors (Lipinski definition) is 1. The molecule has 1 aromatic rings. The molecule has 80 valence electrons. The van der Waals surface area contributed by atoms with Gasteiger partial charge in [-0.2, -0.15) is 0 Å². The highest BCUT2D eigenvalue weighted by molar-refractivity contribution is 7.09. The molecule has 1 N–H and O–H groups in total. The maximum atomic E-state index is 4.07. The SMILES string of the molecule is CCN(C)CCNC(C)c1cncs1. The van der Waals surface area contributed by atoms with Gasteiger partial charge in [0.2, 0.25) is 0 Å². The van der Waals surface area contributed by atoms with Crippen LogP contribution in [0.3, 0.4) is 0 Å². The zero-order chi connectivity index (χ0) is 10.4. The first kappa shape index (κ1) is 11.6. The Labute approximate surface area is 90.2 Å². The molecule has 3 nitrogen and oxygen atoms in total. The molecule has 0 bridgehead atoms. The van der Waals surface area contributed by atoms with E-state index in [0.717, 1.165) is 19.6 Å². The number of aromatic nitrogens is 1. The van der Waals surface area contributed by atoms with Crippen molar-refractivity contribution in [3.05, 3.63) is 16.6 Å². The van der Waals surface area contributed by atoms with Crippen LogP contribution in [0.4, 0.5) is 0 Å². The lowest BCUT2D eigenvalue weighted by molar-refractivity contribution is 0.343. The minimum Gasteiger partial charge on any atom is -0.308 e. The lowest BCUT2D eigenvalue weighted by Crippen LogP contribution is -2.30. The molecule has 14 heavy (non-hydrogen) atoms. The molecule has 0 radical (unpaired) electrons. The summed E-state index contributed by atoms with van der Waals surface area (Å²) >= 11 is 1.71. The Morgan fingerprint density at radius 2 is 2.43 bits per heavy atom. The smallest absolute Gasteiger partial charge is 0.0794 e. The molecule has 0 spiro atoms. The molecule has 0 fully saturated rings. The second-order valence-electron chi connectivity index (χ2n) is 3.48. The van der Waals surface area contributed by atoms with Crippen LogP contribution in [0, 0.1) is 0 Å². The molecule has 1 atom stereocenters. The number of hydrogen-bond acceptors (Lipinski definition) is 4. The Kier molecular flexibility index (Phi) is 5.07. The maximum Gasteiger partial charge on any atom is 0.0794 e. The van der Waals surface area contributed by atoms with Gasteiger partial charge in [0, 0.05) is 30.2 Å². The van der Waals surface area contributed by atoms with E-state index in [1.54, 1.807) is 11.3 Å². The fourth-order valence-electron chi connectivity index (χ4n) is 1.17. The topological polar surface area (TPSA) is 28.2 Å². The van der Waals surface area contributed by atoms with Crippen LogP contribution < -0.4 is 5.32 Å². The van der Waals surface area contributed by atoms with Gasteiger partial charge in [0.05, 0.1) is 5.51 Å². The number of thiazole rings is 1. The van der Waals surface area contributed by atoms with E-state index < -0.39 is 0 Å². The third-order valence-corrected chi connectivity index (χ3v) is 3.32. The van der Waals surface area contributed by atoms with Crippen molar-refractivity contribution in [1.29, 1.82) is 0 Å². The van der Waals surface area contributed by atoms with E-state index in [4.69, 9.17) is 0 Å².